The molecule has 1 saturated heterocycles. The van der Waals surface area contributed by atoms with E-state index < -0.39 is 17.7 Å². The van der Waals surface area contributed by atoms with Gasteiger partial charge in [-0.15, -0.1) is 0 Å². The molecule has 1 fully saturated rings. The lowest BCUT2D eigenvalue weighted by Crippen LogP contribution is -2.27. The molecule has 1 heterocycles. The SMILES string of the molecule is O=C(O)Cc1cc(OCc2ccc(C(=O)N3CCCC3)cc2)cc(-c2ccc(C(F)(F)F)cc2)c1. The van der Waals surface area contributed by atoms with Crippen molar-refractivity contribution in [1.29, 1.82) is 0 Å². The number of carbonyl (C=O) groups is 2. The van der Waals surface area contributed by atoms with Crippen LogP contribution in [0.4, 0.5) is 13.2 Å². The van der Waals surface area contributed by atoms with Gasteiger partial charge in [-0.05, 0) is 71.5 Å². The number of hydrogen-bond donors (Lipinski definition) is 1. The molecule has 0 spiro atoms. The number of halogens is 3. The van der Waals surface area contributed by atoms with E-state index in [4.69, 9.17) is 4.74 Å². The van der Waals surface area contributed by atoms with Crippen LogP contribution in [0.25, 0.3) is 11.1 Å². The predicted molar refractivity (Wildman–Crippen MR) is 124 cm³/mol. The third kappa shape index (κ3) is 6.20. The summed E-state index contributed by atoms with van der Waals surface area (Å²) >= 11 is 0. The van der Waals surface area contributed by atoms with E-state index in [1.54, 1.807) is 42.5 Å². The number of hydrogen-bond acceptors (Lipinski definition) is 3. The highest BCUT2D eigenvalue weighted by Crippen LogP contribution is 2.32. The fourth-order valence-electron chi connectivity index (χ4n) is 4.05. The number of carboxylic acid groups (broad SMARTS) is 1. The number of ether oxygens (including phenoxy) is 1. The lowest BCUT2D eigenvalue weighted by molar-refractivity contribution is -0.138. The molecule has 0 bridgehead atoms. The minimum atomic E-state index is -4.44. The predicted octanol–water partition coefficient (Wildman–Crippen LogP) is 5.81. The van der Waals surface area contributed by atoms with Gasteiger partial charge in [0.2, 0.25) is 0 Å². The molecule has 0 aromatic heterocycles. The first-order valence-electron chi connectivity index (χ1n) is 11.2. The highest BCUT2D eigenvalue weighted by atomic mass is 19.4. The number of amides is 1. The maximum absolute atomic E-state index is 12.9. The van der Waals surface area contributed by atoms with Gasteiger partial charge in [0.25, 0.3) is 5.91 Å². The Hall–Kier alpha value is -3.81. The Balaban J connectivity index is 1.50. The summed E-state index contributed by atoms with van der Waals surface area (Å²) in [4.78, 5) is 25.6. The molecule has 8 heteroatoms. The number of likely N-dealkylation sites (tertiary alicyclic amines) is 1. The molecule has 1 aliphatic rings. The van der Waals surface area contributed by atoms with Gasteiger partial charge in [-0.3, -0.25) is 9.59 Å². The van der Waals surface area contributed by atoms with Gasteiger partial charge in [-0.2, -0.15) is 13.2 Å². The van der Waals surface area contributed by atoms with Crippen LogP contribution in [0.15, 0.2) is 66.7 Å². The quantitative estimate of drug-likeness (QED) is 0.460. The Labute approximate surface area is 200 Å². The highest BCUT2D eigenvalue weighted by Gasteiger charge is 2.30. The van der Waals surface area contributed by atoms with Gasteiger partial charge in [0.1, 0.15) is 12.4 Å². The van der Waals surface area contributed by atoms with Crippen LogP contribution >= 0.6 is 0 Å². The molecule has 4 rings (SSSR count). The molecular formula is C27H24F3NO4. The normalized spacial score (nSPS) is 13.6. The van der Waals surface area contributed by atoms with E-state index in [1.165, 1.54) is 12.1 Å². The van der Waals surface area contributed by atoms with Crippen molar-refractivity contribution >= 4 is 11.9 Å². The Bertz CT molecular complexity index is 1200. The second kappa shape index (κ2) is 10.2. The van der Waals surface area contributed by atoms with Crippen LogP contribution in [-0.4, -0.2) is 35.0 Å². The minimum Gasteiger partial charge on any atom is -0.489 e. The summed E-state index contributed by atoms with van der Waals surface area (Å²) in [7, 11) is 0. The van der Waals surface area contributed by atoms with Crippen LogP contribution in [-0.2, 0) is 24.0 Å². The number of aliphatic carboxylic acids is 1. The first-order chi connectivity index (χ1) is 16.7. The monoisotopic (exact) mass is 483 g/mol. The summed E-state index contributed by atoms with van der Waals surface area (Å²) in [5, 5.41) is 9.21. The van der Waals surface area contributed by atoms with E-state index in [1.807, 2.05) is 4.90 Å². The first kappa shape index (κ1) is 24.3. The van der Waals surface area contributed by atoms with E-state index in [0.717, 1.165) is 43.6 Å². The molecule has 182 valence electrons. The fraction of sp³-hybridized carbons (Fsp3) is 0.259. The Morgan fingerprint density at radius 3 is 2.11 bits per heavy atom. The van der Waals surface area contributed by atoms with Crippen molar-refractivity contribution in [3.05, 3.63) is 89.0 Å². The van der Waals surface area contributed by atoms with Crippen molar-refractivity contribution in [3.63, 3.8) is 0 Å². The number of nitrogens with zero attached hydrogens (tertiary/aromatic N) is 1. The van der Waals surface area contributed by atoms with Crippen LogP contribution < -0.4 is 4.74 Å². The Morgan fingerprint density at radius 2 is 1.51 bits per heavy atom. The smallest absolute Gasteiger partial charge is 0.416 e. The van der Waals surface area contributed by atoms with Crippen molar-refractivity contribution in [2.45, 2.75) is 32.0 Å². The summed E-state index contributed by atoms with van der Waals surface area (Å²) in [6, 6.07) is 16.7. The van der Waals surface area contributed by atoms with Gasteiger partial charge in [0.05, 0.1) is 12.0 Å². The standard InChI is InChI=1S/C27H24F3NO4/c28-27(29,30)23-9-7-20(8-10-23)22-13-19(15-25(32)33)14-24(16-22)35-17-18-3-5-21(6-4-18)26(34)31-11-1-2-12-31/h3-10,13-14,16H,1-2,11-12,15,17H2,(H,32,33). The average molecular weight is 483 g/mol. The van der Waals surface area contributed by atoms with Crippen LogP contribution in [0, 0.1) is 0 Å². The van der Waals surface area contributed by atoms with Gasteiger partial charge in [0, 0.05) is 18.7 Å². The number of benzene rings is 3. The van der Waals surface area contributed by atoms with Crippen molar-refractivity contribution < 1.29 is 32.6 Å². The molecule has 3 aromatic rings. The summed E-state index contributed by atoms with van der Waals surface area (Å²) in [6.07, 6.45) is -2.65. The largest absolute Gasteiger partial charge is 0.489 e. The molecule has 0 radical (unpaired) electrons. The highest BCUT2D eigenvalue weighted by molar-refractivity contribution is 5.94. The molecule has 1 N–H and O–H groups in total. The Kier molecular flexibility index (Phi) is 7.10. The zero-order chi connectivity index (χ0) is 25.0. The Morgan fingerprint density at radius 1 is 0.857 bits per heavy atom. The minimum absolute atomic E-state index is 0.0116. The number of rotatable bonds is 7. The van der Waals surface area contributed by atoms with E-state index in [-0.39, 0.29) is 18.9 Å². The average Bonchev–Trinajstić information content (AvgIpc) is 3.37. The third-order valence-corrected chi connectivity index (χ3v) is 5.87. The lowest BCUT2D eigenvalue weighted by Gasteiger charge is -2.15. The number of carboxylic acids is 1. The van der Waals surface area contributed by atoms with Gasteiger partial charge >= 0.3 is 12.1 Å². The second-order valence-corrected chi connectivity index (χ2v) is 8.50. The molecule has 1 amide bonds. The van der Waals surface area contributed by atoms with E-state index in [2.05, 4.69) is 0 Å². The van der Waals surface area contributed by atoms with Crippen molar-refractivity contribution in [3.8, 4) is 16.9 Å². The molecule has 35 heavy (non-hydrogen) atoms. The summed E-state index contributed by atoms with van der Waals surface area (Å²) in [5.74, 6) is -0.618. The van der Waals surface area contributed by atoms with E-state index in [0.29, 0.717) is 28.0 Å². The van der Waals surface area contributed by atoms with Gasteiger partial charge < -0.3 is 14.7 Å². The van der Waals surface area contributed by atoms with E-state index in [9.17, 15) is 27.9 Å². The molecule has 3 aromatic carbocycles. The zero-order valence-corrected chi connectivity index (χ0v) is 18.8. The van der Waals surface area contributed by atoms with Crippen molar-refractivity contribution in [2.24, 2.45) is 0 Å². The zero-order valence-electron chi connectivity index (χ0n) is 18.8. The second-order valence-electron chi connectivity index (χ2n) is 8.50. The molecule has 0 atom stereocenters. The maximum Gasteiger partial charge on any atom is 0.416 e. The molecule has 5 nitrogen and oxygen atoms in total. The summed E-state index contributed by atoms with van der Waals surface area (Å²) < 4.78 is 44.6. The topological polar surface area (TPSA) is 66.8 Å². The van der Waals surface area contributed by atoms with Crippen LogP contribution in [0.2, 0.25) is 0 Å². The van der Waals surface area contributed by atoms with Gasteiger partial charge in [0.15, 0.2) is 0 Å². The van der Waals surface area contributed by atoms with Gasteiger partial charge in [-0.25, -0.2) is 0 Å². The maximum atomic E-state index is 12.9. The first-order valence-corrected chi connectivity index (χ1v) is 11.2. The summed E-state index contributed by atoms with van der Waals surface area (Å²) in [6.45, 7) is 1.73. The number of carbonyl (C=O) groups excluding carboxylic acids is 1. The molecular weight excluding hydrogens is 459 g/mol. The van der Waals surface area contributed by atoms with Crippen LogP contribution in [0.3, 0.4) is 0 Å². The molecule has 0 saturated carbocycles. The molecule has 0 unspecified atom stereocenters. The molecule has 1 aliphatic heterocycles. The van der Waals surface area contributed by atoms with Gasteiger partial charge in [-0.1, -0.05) is 30.3 Å². The van der Waals surface area contributed by atoms with E-state index >= 15 is 0 Å². The van der Waals surface area contributed by atoms with Crippen molar-refractivity contribution in [2.75, 3.05) is 13.1 Å². The van der Waals surface area contributed by atoms with Crippen LogP contribution in [0.5, 0.6) is 5.75 Å². The fourth-order valence-corrected chi connectivity index (χ4v) is 4.05. The molecule has 0 aliphatic carbocycles. The number of alkyl halides is 3. The lowest BCUT2D eigenvalue weighted by atomic mass is 10.00. The summed E-state index contributed by atoms with van der Waals surface area (Å²) in [5.41, 5.74) is 2.22. The third-order valence-electron chi connectivity index (χ3n) is 5.87. The van der Waals surface area contributed by atoms with Crippen LogP contribution in [0.1, 0.15) is 39.9 Å². The van der Waals surface area contributed by atoms with Crippen molar-refractivity contribution in [1.82, 2.24) is 4.90 Å².